The summed E-state index contributed by atoms with van der Waals surface area (Å²) in [5, 5.41) is 0. The standard InChI is InChI=1S/C20H26N2O5/c1-6-26-20(24)17-13(2)18(21-14(17)3)19(23)22(4)11-12-27-16-9-7-15(25-5)8-10-16/h7-10,21H,6,11-12H2,1-5H3. The number of methoxy groups -OCH3 is 1. The third kappa shape index (κ3) is 4.81. The van der Waals surface area contributed by atoms with Gasteiger partial charge in [0.1, 0.15) is 23.8 Å². The van der Waals surface area contributed by atoms with Crippen LogP contribution in [0, 0.1) is 13.8 Å². The molecule has 2 rings (SSSR count). The van der Waals surface area contributed by atoms with Crippen LogP contribution in [0.2, 0.25) is 0 Å². The predicted molar refractivity (Wildman–Crippen MR) is 102 cm³/mol. The Bertz CT molecular complexity index is 795. The molecule has 0 aliphatic carbocycles. The molecule has 7 nitrogen and oxygen atoms in total. The second-order valence-corrected chi connectivity index (χ2v) is 6.10. The molecule has 1 heterocycles. The van der Waals surface area contributed by atoms with Crippen LogP contribution in [0.3, 0.4) is 0 Å². The van der Waals surface area contributed by atoms with Crippen LogP contribution in [-0.4, -0.2) is 55.7 Å². The number of carbonyl (C=O) groups is 2. The Labute approximate surface area is 159 Å². The number of aryl methyl sites for hydroxylation is 1. The molecule has 0 spiro atoms. The maximum absolute atomic E-state index is 12.7. The molecule has 146 valence electrons. The van der Waals surface area contributed by atoms with E-state index < -0.39 is 5.97 Å². The molecule has 1 N–H and O–H groups in total. The highest BCUT2D eigenvalue weighted by Crippen LogP contribution is 2.20. The lowest BCUT2D eigenvalue weighted by Gasteiger charge is -2.17. The zero-order chi connectivity index (χ0) is 20.0. The summed E-state index contributed by atoms with van der Waals surface area (Å²) in [5.41, 5.74) is 2.03. The topological polar surface area (TPSA) is 80.9 Å². The van der Waals surface area contributed by atoms with Gasteiger partial charge in [-0.1, -0.05) is 0 Å². The quantitative estimate of drug-likeness (QED) is 0.719. The number of hydrogen-bond donors (Lipinski definition) is 1. The largest absolute Gasteiger partial charge is 0.497 e. The minimum absolute atomic E-state index is 0.204. The van der Waals surface area contributed by atoms with Crippen molar-refractivity contribution in [1.29, 1.82) is 0 Å². The number of likely N-dealkylation sites (N-methyl/N-ethyl adjacent to an activating group) is 1. The van der Waals surface area contributed by atoms with Gasteiger partial charge in [-0.05, 0) is 50.6 Å². The van der Waals surface area contributed by atoms with E-state index in [0.717, 1.165) is 5.75 Å². The van der Waals surface area contributed by atoms with Crippen molar-refractivity contribution in [2.45, 2.75) is 20.8 Å². The zero-order valence-electron chi connectivity index (χ0n) is 16.4. The second kappa shape index (κ2) is 9.12. The molecule has 0 saturated heterocycles. The van der Waals surface area contributed by atoms with E-state index in [9.17, 15) is 9.59 Å². The van der Waals surface area contributed by atoms with Crippen LogP contribution in [0.5, 0.6) is 11.5 Å². The summed E-state index contributed by atoms with van der Waals surface area (Å²) in [7, 11) is 3.30. The maximum Gasteiger partial charge on any atom is 0.340 e. The van der Waals surface area contributed by atoms with Crippen molar-refractivity contribution in [2.75, 3.05) is 33.9 Å². The molecule has 0 saturated carbocycles. The smallest absolute Gasteiger partial charge is 0.340 e. The highest BCUT2D eigenvalue weighted by atomic mass is 16.5. The van der Waals surface area contributed by atoms with Crippen molar-refractivity contribution < 1.29 is 23.8 Å². The molecule has 0 aliphatic rings. The van der Waals surface area contributed by atoms with E-state index in [0.29, 0.717) is 41.4 Å². The highest BCUT2D eigenvalue weighted by Gasteiger charge is 2.24. The fourth-order valence-corrected chi connectivity index (χ4v) is 2.74. The molecule has 1 aromatic heterocycles. The van der Waals surface area contributed by atoms with Gasteiger partial charge in [-0.15, -0.1) is 0 Å². The molecule has 27 heavy (non-hydrogen) atoms. The molecule has 0 unspecified atom stereocenters. The molecule has 1 aromatic carbocycles. The molecule has 1 amide bonds. The number of H-pyrrole nitrogens is 1. The number of carbonyl (C=O) groups excluding carboxylic acids is 2. The van der Waals surface area contributed by atoms with Crippen molar-refractivity contribution in [2.24, 2.45) is 0 Å². The van der Waals surface area contributed by atoms with Crippen LogP contribution < -0.4 is 9.47 Å². The first-order valence-corrected chi connectivity index (χ1v) is 8.77. The van der Waals surface area contributed by atoms with Crippen molar-refractivity contribution in [3.05, 3.63) is 46.8 Å². The average molecular weight is 374 g/mol. The number of nitrogens with one attached hydrogen (secondary N) is 1. The summed E-state index contributed by atoms with van der Waals surface area (Å²) in [4.78, 5) is 29.3. The van der Waals surface area contributed by atoms with E-state index in [4.69, 9.17) is 14.2 Å². The summed E-state index contributed by atoms with van der Waals surface area (Å²) in [5.74, 6) is 0.829. The van der Waals surface area contributed by atoms with Crippen LogP contribution in [0.4, 0.5) is 0 Å². The van der Waals surface area contributed by atoms with E-state index >= 15 is 0 Å². The lowest BCUT2D eigenvalue weighted by atomic mass is 10.1. The molecule has 0 bridgehead atoms. The third-order valence-electron chi connectivity index (χ3n) is 4.23. The average Bonchev–Trinajstić information content (AvgIpc) is 2.96. The van der Waals surface area contributed by atoms with Crippen LogP contribution in [0.1, 0.15) is 39.0 Å². The van der Waals surface area contributed by atoms with Gasteiger partial charge in [0, 0.05) is 12.7 Å². The molecule has 7 heteroatoms. The summed E-state index contributed by atoms with van der Waals surface area (Å²) in [6.45, 7) is 6.27. The second-order valence-electron chi connectivity index (χ2n) is 6.10. The lowest BCUT2D eigenvalue weighted by Crippen LogP contribution is -2.31. The Morgan fingerprint density at radius 1 is 1.11 bits per heavy atom. The summed E-state index contributed by atoms with van der Waals surface area (Å²) in [6.07, 6.45) is 0. The fraction of sp³-hybridized carbons (Fsp3) is 0.400. The van der Waals surface area contributed by atoms with Crippen molar-refractivity contribution >= 4 is 11.9 Å². The number of aromatic amines is 1. The van der Waals surface area contributed by atoms with E-state index in [-0.39, 0.29) is 12.5 Å². The number of ether oxygens (including phenoxy) is 3. The van der Waals surface area contributed by atoms with Crippen LogP contribution in [0.15, 0.2) is 24.3 Å². The lowest BCUT2D eigenvalue weighted by molar-refractivity contribution is 0.0525. The first-order chi connectivity index (χ1) is 12.9. The molecule has 0 radical (unpaired) electrons. The van der Waals surface area contributed by atoms with Crippen molar-refractivity contribution in [3.63, 3.8) is 0 Å². The van der Waals surface area contributed by atoms with Gasteiger partial charge in [0.15, 0.2) is 0 Å². The summed E-state index contributed by atoms with van der Waals surface area (Å²) < 4.78 is 15.8. The number of esters is 1. The van der Waals surface area contributed by atoms with Gasteiger partial charge in [0.2, 0.25) is 0 Å². The number of nitrogens with zero attached hydrogens (tertiary/aromatic N) is 1. The number of hydrogen-bond acceptors (Lipinski definition) is 5. The Hall–Kier alpha value is -2.96. The number of benzene rings is 1. The van der Waals surface area contributed by atoms with E-state index in [1.54, 1.807) is 39.8 Å². The first-order valence-electron chi connectivity index (χ1n) is 8.77. The molecule has 0 atom stereocenters. The number of rotatable bonds is 8. The first kappa shape index (κ1) is 20.4. The Kier molecular flexibility index (Phi) is 6.87. The molecule has 0 aliphatic heterocycles. The van der Waals surface area contributed by atoms with E-state index in [1.165, 1.54) is 0 Å². The van der Waals surface area contributed by atoms with Crippen molar-refractivity contribution in [1.82, 2.24) is 9.88 Å². The van der Waals surface area contributed by atoms with Gasteiger partial charge in [0.05, 0.1) is 25.8 Å². The minimum Gasteiger partial charge on any atom is -0.497 e. The van der Waals surface area contributed by atoms with Crippen LogP contribution >= 0.6 is 0 Å². The van der Waals surface area contributed by atoms with Gasteiger partial charge in [-0.3, -0.25) is 4.79 Å². The Morgan fingerprint density at radius 3 is 2.33 bits per heavy atom. The van der Waals surface area contributed by atoms with Gasteiger partial charge in [-0.25, -0.2) is 4.79 Å². The Balaban J connectivity index is 1.98. The highest BCUT2D eigenvalue weighted by molar-refractivity contribution is 6.00. The van der Waals surface area contributed by atoms with Crippen LogP contribution in [-0.2, 0) is 4.74 Å². The number of aromatic nitrogens is 1. The normalized spacial score (nSPS) is 10.4. The molecule has 0 fully saturated rings. The van der Waals surface area contributed by atoms with Gasteiger partial charge < -0.3 is 24.1 Å². The zero-order valence-corrected chi connectivity index (χ0v) is 16.4. The SMILES string of the molecule is CCOC(=O)c1c(C)[nH]c(C(=O)N(C)CCOc2ccc(OC)cc2)c1C. The van der Waals surface area contributed by atoms with Crippen LogP contribution in [0.25, 0.3) is 0 Å². The number of amides is 1. The summed E-state index contributed by atoms with van der Waals surface area (Å²) in [6, 6.07) is 7.24. The molecule has 2 aromatic rings. The van der Waals surface area contributed by atoms with Gasteiger partial charge in [-0.2, -0.15) is 0 Å². The minimum atomic E-state index is -0.423. The molecular weight excluding hydrogens is 348 g/mol. The van der Waals surface area contributed by atoms with Gasteiger partial charge in [0.25, 0.3) is 5.91 Å². The third-order valence-corrected chi connectivity index (χ3v) is 4.23. The van der Waals surface area contributed by atoms with Crippen molar-refractivity contribution in [3.8, 4) is 11.5 Å². The maximum atomic E-state index is 12.7. The van der Waals surface area contributed by atoms with Gasteiger partial charge >= 0.3 is 5.97 Å². The fourth-order valence-electron chi connectivity index (χ4n) is 2.74. The molecular formula is C20H26N2O5. The monoisotopic (exact) mass is 374 g/mol. The van der Waals surface area contributed by atoms with E-state index in [1.807, 2.05) is 24.3 Å². The Morgan fingerprint density at radius 2 is 1.74 bits per heavy atom. The summed E-state index contributed by atoms with van der Waals surface area (Å²) >= 11 is 0. The predicted octanol–water partition coefficient (Wildman–Crippen LogP) is 2.97. The van der Waals surface area contributed by atoms with E-state index in [2.05, 4.69) is 4.98 Å².